The Labute approximate surface area is 97.4 Å². The van der Waals surface area contributed by atoms with E-state index in [0.717, 1.165) is 6.07 Å². The fourth-order valence-electron chi connectivity index (χ4n) is 1.25. The van der Waals surface area contributed by atoms with Gasteiger partial charge in [0, 0.05) is 6.42 Å². The van der Waals surface area contributed by atoms with Crippen molar-refractivity contribution >= 4 is 17.3 Å². The highest BCUT2D eigenvalue weighted by atomic mass is 16.6. The Morgan fingerprint density at radius 1 is 1.53 bits per heavy atom. The number of nitrogens with one attached hydrogen (secondary N) is 1. The molecule has 1 aromatic rings. The summed E-state index contributed by atoms with van der Waals surface area (Å²) in [4.78, 5) is 21.4. The van der Waals surface area contributed by atoms with E-state index in [4.69, 9.17) is 10.8 Å². The van der Waals surface area contributed by atoms with Crippen LogP contribution in [0.3, 0.4) is 0 Å². The summed E-state index contributed by atoms with van der Waals surface area (Å²) in [6, 6.07) is 3.54. The van der Waals surface area contributed by atoms with Crippen LogP contribution in [0.1, 0.15) is 12.8 Å². The minimum atomic E-state index is -0.668. The zero-order valence-corrected chi connectivity index (χ0v) is 9.05. The molecule has 4 N–H and O–H groups in total. The number of amides is 1. The molecule has 0 heterocycles. The summed E-state index contributed by atoms with van der Waals surface area (Å²) >= 11 is 0. The van der Waals surface area contributed by atoms with Crippen LogP contribution in [0.4, 0.5) is 11.4 Å². The van der Waals surface area contributed by atoms with Crippen molar-refractivity contribution in [1.82, 2.24) is 0 Å². The quantitative estimate of drug-likeness (QED) is 0.402. The number of phenolic OH excluding ortho intramolecular Hbond substituents is 1. The molecular weight excluding hydrogens is 226 g/mol. The molecule has 7 nitrogen and oxygen atoms in total. The molecule has 0 unspecified atom stereocenters. The first kappa shape index (κ1) is 12.9. The largest absolute Gasteiger partial charge is 0.508 e. The molecule has 0 aliphatic heterocycles. The van der Waals surface area contributed by atoms with Gasteiger partial charge in [-0.3, -0.25) is 14.9 Å². The maximum atomic E-state index is 11.4. The van der Waals surface area contributed by atoms with Gasteiger partial charge in [0.25, 0.3) is 5.69 Å². The molecule has 0 spiro atoms. The van der Waals surface area contributed by atoms with Gasteiger partial charge in [-0.25, -0.2) is 0 Å². The van der Waals surface area contributed by atoms with Crippen LogP contribution in [0.25, 0.3) is 0 Å². The van der Waals surface area contributed by atoms with Crippen LogP contribution in [0.2, 0.25) is 0 Å². The monoisotopic (exact) mass is 239 g/mol. The number of nitrogens with zero attached hydrogens (tertiary/aromatic N) is 1. The first-order chi connectivity index (χ1) is 8.04. The normalized spacial score (nSPS) is 9.94. The third-order valence-corrected chi connectivity index (χ3v) is 2.06. The first-order valence-electron chi connectivity index (χ1n) is 5.02. The fraction of sp³-hybridized carbons (Fsp3) is 0.300. The zero-order chi connectivity index (χ0) is 12.8. The fourth-order valence-corrected chi connectivity index (χ4v) is 1.25. The number of hydrogen-bond donors (Lipinski definition) is 3. The number of phenols is 1. The maximum Gasteiger partial charge on any atom is 0.296 e. The van der Waals surface area contributed by atoms with Gasteiger partial charge in [-0.1, -0.05) is 0 Å². The predicted molar refractivity (Wildman–Crippen MR) is 61.7 cm³/mol. The maximum absolute atomic E-state index is 11.4. The van der Waals surface area contributed by atoms with Crippen LogP contribution < -0.4 is 11.1 Å². The molecule has 1 rings (SSSR count). The van der Waals surface area contributed by atoms with Gasteiger partial charge in [-0.15, -0.1) is 0 Å². The highest BCUT2D eigenvalue weighted by molar-refractivity contribution is 5.93. The van der Waals surface area contributed by atoms with Gasteiger partial charge in [0.2, 0.25) is 5.91 Å². The molecule has 0 aromatic heterocycles. The Hall–Kier alpha value is -2.15. The summed E-state index contributed by atoms with van der Waals surface area (Å²) in [5, 5.41) is 22.2. The number of nitro groups is 1. The summed E-state index contributed by atoms with van der Waals surface area (Å²) in [6.45, 7) is 0.380. The average Bonchev–Trinajstić information content (AvgIpc) is 2.28. The van der Waals surface area contributed by atoms with Crippen LogP contribution in [0, 0.1) is 10.1 Å². The van der Waals surface area contributed by atoms with Crippen molar-refractivity contribution < 1.29 is 14.8 Å². The molecule has 7 heteroatoms. The lowest BCUT2D eigenvalue weighted by molar-refractivity contribution is -0.384. The Morgan fingerprint density at radius 2 is 2.24 bits per heavy atom. The molecule has 0 fully saturated rings. The zero-order valence-electron chi connectivity index (χ0n) is 9.05. The molecule has 0 saturated carbocycles. The Bertz CT molecular complexity index is 434. The van der Waals surface area contributed by atoms with Crippen LogP contribution in [-0.4, -0.2) is 22.5 Å². The molecule has 0 aliphatic rings. The van der Waals surface area contributed by atoms with Crippen molar-refractivity contribution in [3.8, 4) is 5.75 Å². The van der Waals surface area contributed by atoms with E-state index in [2.05, 4.69) is 5.32 Å². The molecule has 1 aromatic carbocycles. The number of nitrogens with two attached hydrogens (primary N) is 1. The Kier molecular flexibility index (Phi) is 4.41. The van der Waals surface area contributed by atoms with E-state index >= 15 is 0 Å². The van der Waals surface area contributed by atoms with Crippen LogP contribution >= 0.6 is 0 Å². The third-order valence-electron chi connectivity index (χ3n) is 2.06. The van der Waals surface area contributed by atoms with Crippen LogP contribution in [0.5, 0.6) is 5.75 Å². The summed E-state index contributed by atoms with van der Waals surface area (Å²) in [5.41, 5.74) is 4.97. The summed E-state index contributed by atoms with van der Waals surface area (Å²) in [6.07, 6.45) is 0.715. The summed E-state index contributed by atoms with van der Waals surface area (Å²) in [7, 11) is 0. The van der Waals surface area contributed by atoms with E-state index in [1.54, 1.807) is 0 Å². The Balaban J connectivity index is 2.83. The van der Waals surface area contributed by atoms with Crippen molar-refractivity contribution in [3.63, 3.8) is 0 Å². The number of carbonyl (C=O) groups is 1. The lowest BCUT2D eigenvalue weighted by Gasteiger charge is -2.05. The van der Waals surface area contributed by atoms with Gasteiger partial charge in [-0.2, -0.15) is 0 Å². The van der Waals surface area contributed by atoms with Gasteiger partial charge in [-0.05, 0) is 25.1 Å². The van der Waals surface area contributed by atoms with Crippen LogP contribution in [0.15, 0.2) is 18.2 Å². The second-order valence-corrected chi connectivity index (χ2v) is 3.40. The smallest absolute Gasteiger partial charge is 0.296 e. The number of anilines is 1. The second kappa shape index (κ2) is 5.80. The Morgan fingerprint density at radius 3 is 2.82 bits per heavy atom. The van der Waals surface area contributed by atoms with E-state index in [1.165, 1.54) is 12.1 Å². The number of nitro benzene ring substituents is 1. The molecule has 0 saturated heterocycles. The standard InChI is InChI=1S/C10H13N3O4/c11-5-1-2-10(15)12-8-4-3-7(14)6-9(8)13(16)17/h3-4,6,14H,1-2,5,11H2,(H,12,15). The van der Waals surface area contributed by atoms with E-state index in [9.17, 15) is 14.9 Å². The van der Waals surface area contributed by atoms with Crippen molar-refractivity contribution in [1.29, 1.82) is 0 Å². The number of carbonyl (C=O) groups excluding carboxylic acids is 1. The molecule has 0 radical (unpaired) electrons. The minimum absolute atomic E-state index is 0.0646. The first-order valence-corrected chi connectivity index (χ1v) is 5.02. The van der Waals surface area contributed by atoms with Gasteiger partial charge < -0.3 is 16.2 Å². The molecule has 17 heavy (non-hydrogen) atoms. The summed E-state index contributed by atoms with van der Waals surface area (Å²) < 4.78 is 0. The minimum Gasteiger partial charge on any atom is -0.508 e. The number of aromatic hydroxyl groups is 1. The number of benzene rings is 1. The van der Waals surface area contributed by atoms with E-state index in [0.29, 0.717) is 13.0 Å². The van der Waals surface area contributed by atoms with E-state index in [1.807, 2.05) is 0 Å². The highest BCUT2D eigenvalue weighted by Crippen LogP contribution is 2.28. The topological polar surface area (TPSA) is 118 Å². The van der Waals surface area contributed by atoms with Gasteiger partial charge in [0.05, 0.1) is 11.0 Å². The van der Waals surface area contributed by atoms with E-state index < -0.39 is 4.92 Å². The number of rotatable bonds is 5. The molecule has 0 atom stereocenters. The molecule has 0 aliphatic carbocycles. The van der Waals surface area contributed by atoms with Crippen molar-refractivity contribution in [2.45, 2.75) is 12.8 Å². The van der Waals surface area contributed by atoms with Crippen LogP contribution in [-0.2, 0) is 4.79 Å². The van der Waals surface area contributed by atoms with Crippen molar-refractivity contribution in [2.24, 2.45) is 5.73 Å². The number of hydrogen-bond acceptors (Lipinski definition) is 5. The average molecular weight is 239 g/mol. The SMILES string of the molecule is NCCCC(=O)Nc1ccc(O)cc1[N+](=O)[O-]. The highest BCUT2D eigenvalue weighted by Gasteiger charge is 2.16. The lowest BCUT2D eigenvalue weighted by atomic mass is 10.2. The molecule has 1 amide bonds. The van der Waals surface area contributed by atoms with Gasteiger partial charge in [0.1, 0.15) is 11.4 Å². The predicted octanol–water partition coefficient (Wildman–Crippen LogP) is 0.978. The van der Waals surface area contributed by atoms with Gasteiger partial charge in [0.15, 0.2) is 0 Å². The molecular formula is C10H13N3O4. The van der Waals surface area contributed by atoms with Crippen molar-refractivity contribution in [2.75, 3.05) is 11.9 Å². The third kappa shape index (κ3) is 3.72. The molecule has 92 valence electrons. The lowest BCUT2D eigenvalue weighted by Crippen LogP contribution is -2.14. The summed E-state index contributed by atoms with van der Waals surface area (Å²) in [5.74, 6) is -0.569. The van der Waals surface area contributed by atoms with Crippen molar-refractivity contribution in [3.05, 3.63) is 28.3 Å². The van der Waals surface area contributed by atoms with Gasteiger partial charge >= 0.3 is 0 Å². The van der Waals surface area contributed by atoms with E-state index in [-0.39, 0.29) is 29.5 Å². The molecule has 0 bridgehead atoms. The second-order valence-electron chi connectivity index (χ2n) is 3.40.